The van der Waals surface area contributed by atoms with Gasteiger partial charge in [-0.1, -0.05) is 6.07 Å². The largest absolute Gasteiger partial charge is 0.486 e. The average molecular weight is 349 g/mol. The van der Waals surface area contributed by atoms with Gasteiger partial charge in [-0.25, -0.2) is 0 Å². The molecule has 2 heterocycles. The molecule has 1 aromatic rings. The van der Waals surface area contributed by atoms with E-state index in [0.717, 1.165) is 5.56 Å². The zero-order valence-corrected chi connectivity index (χ0v) is 14.5. The summed E-state index contributed by atoms with van der Waals surface area (Å²) in [7, 11) is 1.58. The summed E-state index contributed by atoms with van der Waals surface area (Å²) < 4.78 is 21.6. The minimum Gasteiger partial charge on any atom is -0.486 e. The van der Waals surface area contributed by atoms with Gasteiger partial charge in [0.15, 0.2) is 11.5 Å². The molecule has 0 saturated carbocycles. The molecular weight excluding hydrogens is 326 g/mol. The third-order valence-electron chi connectivity index (χ3n) is 4.44. The topological polar surface area (TPSA) is 74.3 Å². The molecule has 25 heavy (non-hydrogen) atoms. The highest BCUT2D eigenvalue weighted by molar-refractivity contribution is 5.86. The standard InChI is InChI=1S/C18H23NO6/c1-12(13-3-4-15-16(9-13)24-8-7-23-15)25-18(21)14-10-17(20)19(11-14)5-6-22-2/h3-4,9,12,14H,5-8,10-11H2,1-2H3/t12-,14-/m0/s1. The first kappa shape index (κ1) is 17.5. The predicted octanol–water partition coefficient (Wildman–Crippen LogP) is 1.56. The summed E-state index contributed by atoms with van der Waals surface area (Å²) in [5.74, 6) is 0.544. The third kappa shape index (κ3) is 4.04. The van der Waals surface area contributed by atoms with Crippen molar-refractivity contribution in [2.45, 2.75) is 19.4 Å². The molecule has 1 amide bonds. The summed E-state index contributed by atoms with van der Waals surface area (Å²) in [6, 6.07) is 5.51. The van der Waals surface area contributed by atoms with Crippen LogP contribution in [0.5, 0.6) is 11.5 Å². The molecule has 1 saturated heterocycles. The number of hydrogen-bond acceptors (Lipinski definition) is 6. The first-order valence-electron chi connectivity index (χ1n) is 8.45. The molecular formula is C18H23NO6. The number of nitrogens with zero attached hydrogens (tertiary/aromatic N) is 1. The Morgan fingerprint density at radius 3 is 2.84 bits per heavy atom. The van der Waals surface area contributed by atoms with Gasteiger partial charge in [0.25, 0.3) is 0 Å². The van der Waals surface area contributed by atoms with Crippen LogP contribution in [0.2, 0.25) is 0 Å². The van der Waals surface area contributed by atoms with Crippen LogP contribution in [0.1, 0.15) is 25.0 Å². The number of carbonyl (C=O) groups is 2. The van der Waals surface area contributed by atoms with E-state index in [2.05, 4.69) is 0 Å². The van der Waals surface area contributed by atoms with Gasteiger partial charge < -0.3 is 23.8 Å². The zero-order chi connectivity index (χ0) is 17.8. The summed E-state index contributed by atoms with van der Waals surface area (Å²) in [5, 5.41) is 0. The van der Waals surface area contributed by atoms with Crippen molar-refractivity contribution in [3.05, 3.63) is 23.8 Å². The molecule has 7 nitrogen and oxygen atoms in total. The van der Waals surface area contributed by atoms with Gasteiger partial charge in [0, 0.05) is 26.6 Å². The first-order valence-corrected chi connectivity index (χ1v) is 8.45. The van der Waals surface area contributed by atoms with Crippen molar-refractivity contribution in [1.29, 1.82) is 0 Å². The van der Waals surface area contributed by atoms with E-state index in [1.165, 1.54) is 0 Å². The molecule has 136 valence electrons. The molecule has 0 radical (unpaired) electrons. The molecule has 1 aromatic carbocycles. The number of benzene rings is 1. The Morgan fingerprint density at radius 1 is 1.32 bits per heavy atom. The fraction of sp³-hybridized carbons (Fsp3) is 0.556. The lowest BCUT2D eigenvalue weighted by molar-refractivity contribution is -0.153. The van der Waals surface area contributed by atoms with Crippen LogP contribution >= 0.6 is 0 Å². The lowest BCUT2D eigenvalue weighted by Crippen LogP contribution is -2.30. The van der Waals surface area contributed by atoms with Crippen molar-refractivity contribution in [3.63, 3.8) is 0 Å². The Morgan fingerprint density at radius 2 is 2.08 bits per heavy atom. The van der Waals surface area contributed by atoms with Gasteiger partial charge in [0.2, 0.25) is 5.91 Å². The number of fused-ring (bicyclic) bond motifs is 1. The number of hydrogen-bond donors (Lipinski definition) is 0. The molecule has 0 unspecified atom stereocenters. The van der Waals surface area contributed by atoms with Gasteiger partial charge in [0.05, 0.1) is 12.5 Å². The van der Waals surface area contributed by atoms with E-state index in [9.17, 15) is 9.59 Å². The molecule has 0 aromatic heterocycles. The maximum absolute atomic E-state index is 12.4. The van der Waals surface area contributed by atoms with E-state index >= 15 is 0 Å². The minimum absolute atomic E-state index is 0.0361. The predicted molar refractivity (Wildman–Crippen MR) is 88.5 cm³/mol. The van der Waals surface area contributed by atoms with Gasteiger partial charge >= 0.3 is 5.97 Å². The second-order valence-corrected chi connectivity index (χ2v) is 6.22. The van der Waals surface area contributed by atoms with Crippen LogP contribution in [0.25, 0.3) is 0 Å². The molecule has 0 aliphatic carbocycles. The number of likely N-dealkylation sites (tertiary alicyclic amines) is 1. The number of rotatable bonds is 6. The Labute approximate surface area is 146 Å². The second kappa shape index (κ2) is 7.74. The highest BCUT2D eigenvalue weighted by atomic mass is 16.6. The maximum atomic E-state index is 12.4. The SMILES string of the molecule is COCCN1C[C@@H](C(=O)O[C@@H](C)c2ccc3c(c2)OCCO3)CC1=O. The van der Waals surface area contributed by atoms with Crippen molar-refractivity contribution < 1.29 is 28.5 Å². The van der Waals surface area contributed by atoms with Crippen molar-refractivity contribution >= 4 is 11.9 Å². The molecule has 0 spiro atoms. The first-order chi connectivity index (χ1) is 12.1. The number of carbonyl (C=O) groups excluding carboxylic acids is 2. The summed E-state index contributed by atoms with van der Waals surface area (Å²) in [5.41, 5.74) is 0.832. The van der Waals surface area contributed by atoms with Crippen molar-refractivity contribution in [2.24, 2.45) is 5.92 Å². The van der Waals surface area contributed by atoms with Gasteiger partial charge in [-0.3, -0.25) is 9.59 Å². The average Bonchev–Trinajstić information content (AvgIpc) is 3.00. The fourth-order valence-corrected chi connectivity index (χ4v) is 3.00. The zero-order valence-electron chi connectivity index (χ0n) is 14.5. The van der Waals surface area contributed by atoms with Crippen LogP contribution in [0.15, 0.2) is 18.2 Å². The van der Waals surface area contributed by atoms with E-state index < -0.39 is 12.0 Å². The smallest absolute Gasteiger partial charge is 0.311 e. The molecule has 2 aliphatic rings. The van der Waals surface area contributed by atoms with Crippen molar-refractivity contribution in [3.8, 4) is 11.5 Å². The van der Waals surface area contributed by atoms with E-state index in [1.807, 2.05) is 25.1 Å². The Hall–Kier alpha value is -2.28. The van der Waals surface area contributed by atoms with Gasteiger partial charge in [-0.15, -0.1) is 0 Å². The van der Waals surface area contributed by atoms with Crippen LogP contribution in [0.3, 0.4) is 0 Å². The van der Waals surface area contributed by atoms with Crippen LogP contribution in [0, 0.1) is 5.92 Å². The highest BCUT2D eigenvalue weighted by Crippen LogP contribution is 2.34. The summed E-state index contributed by atoms with van der Waals surface area (Å²) in [6.45, 7) is 4.19. The van der Waals surface area contributed by atoms with Crippen LogP contribution < -0.4 is 9.47 Å². The van der Waals surface area contributed by atoms with Crippen molar-refractivity contribution in [2.75, 3.05) is 40.0 Å². The molecule has 0 N–H and O–H groups in total. The Bertz CT molecular complexity index is 646. The van der Waals surface area contributed by atoms with Crippen LogP contribution in [-0.4, -0.2) is 56.8 Å². The number of methoxy groups -OCH3 is 1. The Kier molecular flexibility index (Phi) is 5.43. The summed E-state index contributed by atoms with van der Waals surface area (Å²) >= 11 is 0. The lowest BCUT2D eigenvalue weighted by atomic mass is 10.1. The minimum atomic E-state index is -0.427. The van der Waals surface area contributed by atoms with Gasteiger partial charge in [0.1, 0.15) is 19.3 Å². The molecule has 1 fully saturated rings. The number of amides is 1. The number of ether oxygens (including phenoxy) is 4. The summed E-state index contributed by atoms with van der Waals surface area (Å²) in [6.07, 6.45) is -0.234. The molecule has 3 rings (SSSR count). The Balaban J connectivity index is 1.58. The van der Waals surface area contributed by atoms with Crippen molar-refractivity contribution in [1.82, 2.24) is 4.90 Å². The highest BCUT2D eigenvalue weighted by Gasteiger charge is 2.35. The summed E-state index contributed by atoms with van der Waals surface area (Å²) in [4.78, 5) is 26.0. The monoisotopic (exact) mass is 349 g/mol. The lowest BCUT2D eigenvalue weighted by Gasteiger charge is -2.21. The molecule has 2 aliphatic heterocycles. The molecule has 0 bridgehead atoms. The van der Waals surface area contributed by atoms with Crippen LogP contribution in [0.4, 0.5) is 0 Å². The van der Waals surface area contributed by atoms with Gasteiger partial charge in [-0.05, 0) is 24.6 Å². The number of esters is 1. The quantitative estimate of drug-likeness (QED) is 0.726. The fourth-order valence-electron chi connectivity index (χ4n) is 3.00. The normalized spacial score (nSPS) is 20.5. The molecule has 7 heteroatoms. The van der Waals surface area contributed by atoms with Crippen LogP contribution in [-0.2, 0) is 19.1 Å². The maximum Gasteiger partial charge on any atom is 0.311 e. The third-order valence-corrected chi connectivity index (χ3v) is 4.44. The van der Waals surface area contributed by atoms with Gasteiger partial charge in [-0.2, -0.15) is 0 Å². The van der Waals surface area contributed by atoms with E-state index in [0.29, 0.717) is 44.4 Å². The van der Waals surface area contributed by atoms with E-state index in [-0.39, 0.29) is 18.3 Å². The van der Waals surface area contributed by atoms with E-state index in [1.54, 1.807) is 12.0 Å². The van der Waals surface area contributed by atoms with E-state index in [4.69, 9.17) is 18.9 Å². The second-order valence-electron chi connectivity index (χ2n) is 6.22. The molecule has 2 atom stereocenters.